The molecule has 26 heavy (non-hydrogen) atoms. The Labute approximate surface area is 154 Å². The molecule has 0 aromatic heterocycles. The van der Waals surface area contributed by atoms with Crippen molar-refractivity contribution in [3.8, 4) is 5.75 Å². The number of hydrogen-bond acceptors (Lipinski definition) is 4. The first-order chi connectivity index (χ1) is 12.6. The molecule has 3 rings (SSSR count). The van der Waals surface area contributed by atoms with Crippen molar-refractivity contribution in [2.45, 2.75) is 37.8 Å². The highest BCUT2D eigenvalue weighted by Crippen LogP contribution is 2.22. The SMILES string of the molecule is NC(=O)c1ccc2c(c1)CC(NC[C@H](O)COc1ccccc1)CCC2. The largest absolute Gasteiger partial charge is 0.491 e. The third-order valence-electron chi connectivity index (χ3n) is 4.78. The van der Waals surface area contributed by atoms with Crippen LogP contribution in [0.5, 0.6) is 5.75 Å². The van der Waals surface area contributed by atoms with Gasteiger partial charge in [0.15, 0.2) is 0 Å². The highest BCUT2D eigenvalue weighted by atomic mass is 16.5. The lowest BCUT2D eigenvalue weighted by molar-refractivity contribution is 0.1000. The number of carbonyl (C=O) groups is 1. The van der Waals surface area contributed by atoms with Crippen molar-refractivity contribution in [3.05, 3.63) is 65.2 Å². The summed E-state index contributed by atoms with van der Waals surface area (Å²) in [6.07, 6.45) is 3.38. The molecular formula is C21H26N2O3. The van der Waals surface area contributed by atoms with Crippen molar-refractivity contribution in [3.63, 3.8) is 0 Å². The molecule has 5 nitrogen and oxygen atoms in total. The molecule has 2 aromatic rings. The van der Waals surface area contributed by atoms with Crippen LogP contribution < -0.4 is 15.8 Å². The number of aryl methyl sites for hydroxylation is 1. The molecule has 4 N–H and O–H groups in total. The van der Waals surface area contributed by atoms with Crippen LogP contribution in [0, 0.1) is 0 Å². The molecule has 0 radical (unpaired) electrons. The third-order valence-corrected chi connectivity index (χ3v) is 4.78. The van der Waals surface area contributed by atoms with Gasteiger partial charge in [-0.25, -0.2) is 0 Å². The highest BCUT2D eigenvalue weighted by Gasteiger charge is 2.18. The number of benzene rings is 2. The summed E-state index contributed by atoms with van der Waals surface area (Å²) in [7, 11) is 0. The molecule has 0 fully saturated rings. The molecule has 0 saturated carbocycles. The second-order valence-corrected chi connectivity index (χ2v) is 6.83. The fraction of sp³-hybridized carbons (Fsp3) is 0.381. The standard InChI is InChI=1S/C21H26N2O3/c22-21(25)16-10-9-15-5-4-6-18(12-17(15)11-16)23-13-19(24)14-26-20-7-2-1-3-8-20/h1-3,7-11,18-19,23-24H,4-6,12-14H2,(H2,22,25)/t18?,19-/m0/s1. The minimum Gasteiger partial charge on any atom is -0.491 e. The van der Waals surface area contributed by atoms with Crippen LogP contribution in [0.4, 0.5) is 0 Å². The summed E-state index contributed by atoms with van der Waals surface area (Å²) in [5.41, 5.74) is 8.41. The second-order valence-electron chi connectivity index (χ2n) is 6.83. The lowest BCUT2D eigenvalue weighted by Gasteiger charge is -2.20. The predicted octanol–water partition coefficient (Wildman–Crippen LogP) is 2.06. The summed E-state index contributed by atoms with van der Waals surface area (Å²) in [6, 6.07) is 15.5. The van der Waals surface area contributed by atoms with Crippen LogP contribution in [0.25, 0.3) is 0 Å². The van der Waals surface area contributed by atoms with Crippen LogP contribution in [-0.4, -0.2) is 36.3 Å². The highest BCUT2D eigenvalue weighted by molar-refractivity contribution is 5.93. The number of nitrogens with one attached hydrogen (secondary N) is 1. The van der Waals surface area contributed by atoms with Gasteiger partial charge < -0.3 is 20.9 Å². The summed E-state index contributed by atoms with van der Waals surface area (Å²) in [5.74, 6) is 0.365. The van der Waals surface area contributed by atoms with E-state index in [-0.39, 0.29) is 12.6 Å². The maximum absolute atomic E-state index is 11.4. The van der Waals surface area contributed by atoms with Gasteiger partial charge in [0.25, 0.3) is 0 Å². The number of aliphatic hydroxyl groups is 1. The number of hydrogen-bond donors (Lipinski definition) is 3. The van der Waals surface area contributed by atoms with E-state index >= 15 is 0 Å². The minimum absolute atomic E-state index is 0.256. The summed E-state index contributed by atoms with van der Waals surface area (Å²) >= 11 is 0. The molecule has 5 heteroatoms. The van der Waals surface area contributed by atoms with Crippen LogP contribution in [0.15, 0.2) is 48.5 Å². The van der Waals surface area contributed by atoms with E-state index in [2.05, 4.69) is 5.32 Å². The average Bonchev–Trinajstić information content (AvgIpc) is 2.86. The molecule has 1 amide bonds. The summed E-state index contributed by atoms with van der Waals surface area (Å²) in [4.78, 5) is 11.4. The van der Waals surface area contributed by atoms with Crippen molar-refractivity contribution in [2.24, 2.45) is 5.73 Å². The van der Waals surface area contributed by atoms with Crippen molar-refractivity contribution >= 4 is 5.91 Å². The molecule has 0 bridgehead atoms. The Bertz CT molecular complexity index is 733. The molecule has 1 aliphatic rings. The first-order valence-electron chi connectivity index (χ1n) is 9.12. The minimum atomic E-state index is -0.574. The van der Waals surface area contributed by atoms with Crippen molar-refractivity contribution in [1.82, 2.24) is 5.32 Å². The van der Waals surface area contributed by atoms with E-state index in [9.17, 15) is 9.90 Å². The van der Waals surface area contributed by atoms with E-state index in [4.69, 9.17) is 10.5 Å². The van der Waals surface area contributed by atoms with Gasteiger partial charge in [0, 0.05) is 18.2 Å². The molecule has 0 heterocycles. The van der Waals surface area contributed by atoms with Gasteiger partial charge in [0.1, 0.15) is 18.5 Å². The van der Waals surface area contributed by atoms with Gasteiger partial charge in [0.2, 0.25) is 5.91 Å². The Kier molecular flexibility index (Phi) is 6.26. The van der Waals surface area contributed by atoms with E-state index in [1.165, 1.54) is 11.1 Å². The Morgan fingerprint density at radius 3 is 2.81 bits per heavy atom. The monoisotopic (exact) mass is 354 g/mol. The van der Waals surface area contributed by atoms with E-state index in [0.29, 0.717) is 12.1 Å². The number of para-hydroxylation sites is 1. The molecular weight excluding hydrogens is 328 g/mol. The average molecular weight is 354 g/mol. The van der Waals surface area contributed by atoms with Gasteiger partial charge in [-0.2, -0.15) is 0 Å². The first-order valence-corrected chi connectivity index (χ1v) is 9.12. The molecule has 0 saturated heterocycles. The Morgan fingerprint density at radius 2 is 2.04 bits per heavy atom. The van der Waals surface area contributed by atoms with Gasteiger partial charge in [-0.3, -0.25) is 4.79 Å². The number of primary amides is 1. The number of nitrogens with two attached hydrogens (primary N) is 1. The number of amides is 1. The molecule has 138 valence electrons. The van der Waals surface area contributed by atoms with Crippen LogP contribution in [0.1, 0.15) is 34.3 Å². The Balaban J connectivity index is 1.51. The van der Waals surface area contributed by atoms with Gasteiger partial charge in [-0.05, 0) is 61.1 Å². The molecule has 0 spiro atoms. The molecule has 1 aliphatic carbocycles. The lowest BCUT2D eigenvalue weighted by Crippen LogP contribution is -2.39. The van der Waals surface area contributed by atoms with Crippen molar-refractivity contribution in [1.29, 1.82) is 0 Å². The number of rotatable bonds is 7. The molecule has 0 aliphatic heterocycles. The summed E-state index contributed by atoms with van der Waals surface area (Å²) in [5, 5.41) is 13.6. The van der Waals surface area contributed by atoms with Crippen molar-refractivity contribution in [2.75, 3.05) is 13.2 Å². The summed E-state index contributed by atoms with van der Waals surface area (Å²) in [6.45, 7) is 0.731. The van der Waals surface area contributed by atoms with Crippen LogP contribution in [0.3, 0.4) is 0 Å². The van der Waals surface area contributed by atoms with E-state index in [1.807, 2.05) is 42.5 Å². The van der Waals surface area contributed by atoms with Gasteiger partial charge >= 0.3 is 0 Å². The fourth-order valence-electron chi connectivity index (χ4n) is 3.36. The van der Waals surface area contributed by atoms with E-state index in [0.717, 1.165) is 31.4 Å². The topological polar surface area (TPSA) is 84.6 Å². The first kappa shape index (κ1) is 18.4. The zero-order valence-corrected chi connectivity index (χ0v) is 14.9. The second kappa shape index (κ2) is 8.83. The zero-order chi connectivity index (χ0) is 18.4. The van der Waals surface area contributed by atoms with E-state index in [1.54, 1.807) is 6.07 Å². The normalized spacial score (nSPS) is 17.8. The number of ether oxygens (including phenoxy) is 1. The number of fused-ring (bicyclic) bond motifs is 1. The maximum Gasteiger partial charge on any atom is 0.248 e. The van der Waals surface area contributed by atoms with Crippen molar-refractivity contribution < 1.29 is 14.6 Å². The quantitative estimate of drug-likeness (QED) is 0.665. The van der Waals surface area contributed by atoms with Crippen LogP contribution >= 0.6 is 0 Å². The fourth-order valence-corrected chi connectivity index (χ4v) is 3.36. The molecule has 2 atom stereocenters. The maximum atomic E-state index is 11.4. The van der Waals surface area contributed by atoms with Gasteiger partial charge in [0.05, 0.1) is 0 Å². The zero-order valence-electron chi connectivity index (χ0n) is 14.9. The molecule has 1 unspecified atom stereocenters. The van der Waals surface area contributed by atoms with E-state index < -0.39 is 12.0 Å². The Hall–Kier alpha value is -2.37. The van der Waals surface area contributed by atoms with Gasteiger partial charge in [-0.1, -0.05) is 24.3 Å². The Morgan fingerprint density at radius 1 is 1.23 bits per heavy atom. The summed E-state index contributed by atoms with van der Waals surface area (Å²) < 4.78 is 5.59. The predicted molar refractivity (Wildman–Crippen MR) is 101 cm³/mol. The number of carbonyl (C=O) groups excluding carboxylic acids is 1. The molecule has 2 aromatic carbocycles. The van der Waals surface area contributed by atoms with Gasteiger partial charge in [-0.15, -0.1) is 0 Å². The lowest BCUT2D eigenvalue weighted by atomic mass is 9.98. The third kappa shape index (κ3) is 5.07. The smallest absolute Gasteiger partial charge is 0.248 e. The van der Waals surface area contributed by atoms with Crippen LogP contribution in [-0.2, 0) is 12.8 Å². The van der Waals surface area contributed by atoms with Crippen LogP contribution in [0.2, 0.25) is 0 Å². The number of aliphatic hydroxyl groups excluding tert-OH is 1.